The lowest BCUT2D eigenvalue weighted by Crippen LogP contribution is -2.45. The van der Waals surface area contributed by atoms with Crippen molar-refractivity contribution < 1.29 is 32.9 Å². The Morgan fingerprint density at radius 3 is 1.12 bits per heavy atom. The zero-order valence-electron chi connectivity index (χ0n) is 48.6. The molecule has 0 spiro atoms. The quantitative estimate of drug-likeness (QED) is 0.0272. The van der Waals surface area contributed by atoms with Crippen LogP contribution in [-0.2, 0) is 18.4 Å². The topological polar surface area (TPSA) is 108 Å². The zero-order valence-corrected chi connectivity index (χ0v) is 49.5. The first-order chi connectivity index (χ1) is 35.0. The van der Waals surface area contributed by atoms with E-state index in [0.717, 1.165) is 38.5 Å². The molecule has 3 unspecified atom stereocenters. The number of phosphoric acid groups is 1. The number of hydrogen-bond acceptors (Lipinski definition) is 6. The number of nitrogens with one attached hydrogen (secondary N) is 1. The SMILES string of the molecule is CCCCCCCCCC/C=C\CCCCCCCCCCCCCCCCCC(=O)NC(COP(=O)([O-])OCC[N+](C)(C)C)C(O)/C=C/CC/C=C/CCCCCCCCCCCCCCCCCCC. The van der Waals surface area contributed by atoms with Crippen LogP contribution in [0, 0.1) is 0 Å². The first kappa shape index (κ1) is 70.7. The van der Waals surface area contributed by atoms with E-state index in [1.807, 2.05) is 27.2 Å². The predicted molar refractivity (Wildman–Crippen MR) is 311 cm³/mol. The minimum absolute atomic E-state index is 0.00498. The number of amides is 1. The number of likely N-dealkylation sites (N-methyl/N-ethyl adjacent to an activating group) is 1. The smallest absolute Gasteiger partial charge is 0.268 e. The molecular weight excluding hydrogens is 912 g/mol. The van der Waals surface area contributed by atoms with E-state index in [1.165, 1.54) is 250 Å². The number of rotatable bonds is 58. The molecule has 2 N–H and O–H groups in total. The standard InChI is InChI=1S/C63H123N2O6P/c1-6-8-10-12-14-16-18-20-22-24-26-28-30-31-32-33-35-37-39-41-43-45-47-49-51-53-55-57-63(67)64-61(60-71-72(68,69)70-59-58-65(3,4)5)62(66)56-54-52-50-48-46-44-42-40-38-36-34-29-27-25-23-21-19-17-15-13-11-9-7-2/h24,26,46,48,54,56,61-62,66H,6-23,25,27-45,47,49-53,55,57-60H2,1-5H3,(H-,64,67,68,69)/b26-24-,48-46+,56-54+. The molecule has 0 aliphatic carbocycles. The molecule has 0 aliphatic rings. The van der Waals surface area contributed by atoms with Crippen molar-refractivity contribution >= 4 is 13.7 Å². The molecule has 9 heteroatoms. The van der Waals surface area contributed by atoms with E-state index in [-0.39, 0.29) is 19.1 Å². The summed E-state index contributed by atoms with van der Waals surface area (Å²) in [4.78, 5) is 25.5. The fourth-order valence-corrected chi connectivity index (χ4v) is 10.1. The highest BCUT2D eigenvalue weighted by atomic mass is 31.2. The molecule has 0 bridgehead atoms. The van der Waals surface area contributed by atoms with Crippen LogP contribution >= 0.6 is 7.82 Å². The van der Waals surface area contributed by atoms with Gasteiger partial charge in [0.15, 0.2) is 0 Å². The van der Waals surface area contributed by atoms with Crippen LogP contribution in [0.2, 0.25) is 0 Å². The van der Waals surface area contributed by atoms with Crippen LogP contribution in [0.3, 0.4) is 0 Å². The van der Waals surface area contributed by atoms with Gasteiger partial charge in [0.05, 0.1) is 39.9 Å². The number of allylic oxidation sites excluding steroid dienone is 5. The summed E-state index contributed by atoms with van der Waals surface area (Å²) in [6, 6.07) is -0.903. The van der Waals surface area contributed by atoms with Crippen molar-refractivity contribution in [1.82, 2.24) is 5.32 Å². The van der Waals surface area contributed by atoms with E-state index in [0.29, 0.717) is 17.4 Å². The van der Waals surface area contributed by atoms with E-state index in [2.05, 4.69) is 43.5 Å². The molecule has 0 radical (unpaired) electrons. The molecular formula is C63H123N2O6P. The van der Waals surface area contributed by atoms with Crippen LogP contribution in [-0.4, -0.2) is 68.5 Å². The summed E-state index contributed by atoms with van der Waals surface area (Å²) in [5.41, 5.74) is 0. The van der Waals surface area contributed by atoms with Gasteiger partial charge in [-0.3, -0.25) is 9.36 Å². The van der Waals surface area contributed by atoms with Gasteiger partial charge in [-0.2, -0.15) is 0 Å². The van der Waals surface area contributed by atoms with Gasteiger partial charge < -0.3 is 28.8 Å². The third kappa shape index (κ3) is 56.4. The van der Waals surface area contributed by atoms with Gasteiger partial charge in [0.2, 0.25) is 5.91 Å². The molecule has 0 aliphatic heterocycles. The van der Waals surface area contributed by atoms with Crippen LogP contribution in [0.1, 0.15) is 309 Å². The largest absolute Gasteiger partial charge is 0.756 e. The third-order valence-corrected chi connectivity index (χ3v) is 15.3. The van der Waals surface area contributed by atoms with Crippen molar-refractivity contribution in [3.63, 3.8) is 0 Å². The van der Waals surface area contributed by atoms with Crippen LogP contribution in [0.4, 0.5) is 0 Å². The van der Waals surface area contributed by atoms with Crippen molar-refractivity contribution in [1.29, 1.82) is 0 Å². The van der Waals surface area contributed by atoms with Gasteiger partial charge in [0.1, 0.15) is 13.2 Å². The maximum Gasteiger partial charge on any atom is 0.268 e. The van der Waals surface area contributed by atoms with Gasteiger partial charge in [-0.15, -0.1) is 0 Å². The maximum atomic E-state index is 13.0. The van der Waals surface area contributed by atoms with Crippen molar-refractivity contribution in [2.45, 2.75) is 321 Å². The summed E-state index contributed by atoms with van der Waals surface area (Å²) in [6.45, 7) is 4.67. The lowest BCUT2D eigenvalue weighted by Gasteiger charge is -2.29. The van der Waals surface area contributed by atoms with Crippen LogP contribution in [0.15, 0.2) is 36.5 Å². The van der Waals surface area contributed by atoms with Crippen molar-refractivity contribution in [2.75, 3.05) is 40.9 Å². The fraction of sp³-hybridized carbons (Fsp3) is 0.889. The number of aliphatic hydroxyl groups is 1. The molecule has 0 aromatic carbocycles. The molecule has 3 atom stereocenters. The van der Waals surface area contributed by atoms with E-state index in [9.17, 15) is 19.4 Å². The number of nitrogens with zero attached hydrogens (tertiary/aromatic N) is 1. The fourth-order valence-electron chi connectivity index (χ4n) is 9.40. The van der Waals surface area contributed by atoms with Crippen LogP contribution in [0.5, 0.6) is 0 Å². The third-order valence-electron chi connectivity index (χ3n) is 14.3. The first-order valence-corrected chi connectivity index (χ1v) is 32.8. The van der Waals surface area contributed by atoms with Gasteiger partial charge >= 0.3 is 0 Å². The molecule has 0 rings (SSSR count). The summed E-state index contributed by atoms with van der Waals surface area (Å²) in [5.74, 6) is -0.202. The molecule has 72 heavy (non-hydrogen) atoms. The Morgan fingerprint density at radius 2 is 0.778 bits per heavy atom. The van der Waals surface area contributed by atoms with Crippen LogP contribution < -0.4 is 10.2 Å². The average Bonchev–Trinajstić information content (AvgIpc) is 3.34. The number of carbonyl (C=O) groups is 1. The Labute approximate surface area is 448 Å². The maximum absolute atomic E-state index is 13.0. The molecule has 0 aromatic heterocycles. The van der Waals surface area contributed by atoms with Crippen molar-refractivity contribution in [3.05, 3.63) is 36.5 Å². The number of phosphoric ester groups is 1. The first-order valence-electron chi connectivity index (χ1n) is 31.4. The molecule has 1 amide bonds. The highest BCUT2D eigenvalue weighted by Gasteiger charge is 2.23. The van der Waals surface area contributed by atoms with Gasteiger partial charge in [-0.05, 0) is 57.8 Å². The molecule has 0 fully saturated rings. The predicted octanol–water partition coefficient (Wildman–Crippen LogP) is 18.7. The summed E-state index contributed by atoms with van der Waals surface area (Å²) in [6.07, 6.45) is 71.0. The Morgan fingerprint density at radius 1 is 0.472 bits per heavy atom. The Bertz CT molecular complexity index is 1270. The Kier molecular flexibility index (Phi) is 53.5. The normalized spacial score (nSPS) is 14.0. The van der Waals surface area contributed by atoms with Gasteiger partial charge in [0.25, 0.3) is 7.82 Å². The second kappa shape index (κ2) is 54.5. The van der Waals surface area contributed by atoms with Gasteiger partial charge in [-0.25, -0.2) is 0 Å². The molecule has 0 aromatic rings. The van der Waals surface area contributed by atoms with Crippen molar-refractivity contribution in [3.8, 4) is 0 Å². The van der Waals surface area contributed by atoms with E-state index in [4.69, 9.17) is 9.05 Å². The number of quaternary nitrogens is 1. The van der Waals surface area contributed by atoms with Gasteiger partial charge in [0, 0.05) is 6.42 Å². The average molecular weight is 1040 g/mol. The lowest BCUT2D eigenvalue weighted by molar-refractivity contribution is -0.870. The zero-order chi connectivity index (χ0) is 52.7. The Hall–Kier alpha value is -1.28. The molecule has 0 saturated heterocycles. The van der Waals surface area contributed by atoms with Gasteiger partial charge in [-0.1, -0.05) is 281 Å². The summed E-state index contributed by atoms with van der Waals surface area (Å²) >= 11 is 0. The second-order valence-electron chi connectivity index (χ2n) is 22.8. The number of hydrogen-bond donors (Lipinski definition) is 2. The lowest BCUT2D eigenvalue weighted by atomic mass is 10.0. The van der Waals surface area contributed by atoms with Crippen LogP contribution in [0.25, 0.3) is 0 Å². The summed E-state index contributed by atoms with van der Waals surface area (Å²) in [7, 11) is 1.26. The highest BCUT2D eigenvalue weighted by Crippen LogP contribution is 2.38. The number of carbonyl (C=O) groups excluding carboxylic acids is 1. The van der Waals surface area contributed by atoms with E-state index in [1.54, 1.807) is 6.08 Å². The monoisotopic (exact) mass is 1030 g/mol. The van der Waals surface area contributed by atoms with Crippen molar-refractivity contribution in [2.24, 2.45) is 0 Å². The minimum atomic E-state index is -4.61. The molecule has 0 heterocycles. The Balaban J connectivity index is 4.16. The van der Waals surface area contributed by atoms with E-state index >= 15 is 0 Å². The molecule has 8 nitrogen and oxygen atoms in total. The molecule has 426 valence electrons. The van der Waals surface area contributed by atoms with E-state index < -0.39 is 20.0 Å². The minimum Gasteiger partial charge on any atom is -0.756 e. The summed E-state index contributed by atoms with van der Waals surface area (Å²) in [5, 5.41) is 13.9. The summed E-state index contributed by atoms with van der Waals surface area (Å²) < 4.78 is 23.4. The molecule has 0 saturated carbocycles. The number of aliphatic hydroxyl groups excluding tert-OH is 1. The number of unbranched alkanes of at least 4 members (excludes halogenated alkanes) is 41. The second-order valence-corrected chi connectivity index (χ2v) is 24.2. The highest BCUT2D eigenvalue weighted by molar-refractivity contribution is 7.45.